The molecule has 0 radical (unpaired) electrons. The standard InChI is InChI=1S/C18H21N3O4S2/c1-19-17(23)15-9-12-26-18(15)20-16(22)13-5-7-14(8-6-13)27(24,25)21-10-3-2-4-11-21/h5-9,12H,2-4,10-11H2,1H3,(H,19,23)(H,20,22). The highest BCUT2D eigenvalue weighted by Crippen LogP contribution is 2.25. The molecule has 3 rings (SSSR count). The Morgan fingerprint density at radius 1 is 1.00 bits per heavy atom. The lowest BCUT2D eigenvalue weighted by Gasteiger charge is -2.25. The SMILES string of the molecule is CNC(=O)c1ccsc1NC(=O)c1ccc(S(=O)(=O)N2CCCCC2)cc1. The quantitative estimate of drug-likeness (QED) is 0.796. The fourth-order valence-electron chi connectivity index (χ4n) is 2.93. The molecule has 9 heteroatoms. The number of carbonyl (C=O) groups is 2. The van der Waals surface area contributed by atoms with E-state index in [-0.39, 0.29) is 10.8 Å². The third kappa shape index (κ3) is 4.20. The van der Waals surface area contributed by atoms with Gasteiger partial charge in [0.2, 0.25) is 10.0 Å². The molecule has 0 aliphatic carbocycles. The maximum Gasteiger partial charge on any atom is 0.256 e. The van der Waals surface area contributed by atoms with Crippen LogP contribution in [0.15, 0.2) is 40.6 Å². The molecule has 0 spiro atoms. The van der Waals surface area contributed by atoms with E-state index < -0.39 is 15.9 Å². The monoisotopic (exact) mass is 407 g/mol. The number of anilines is 1. The minimum absolute atomic E-state index is 0.183. The van der Waals surface area contributed by atoms with Crippen molar-refractivity contribution in [2.45, 2.75) is 24.2 Å². The Morgan fingerprint density at radius 3 is 2.30 bits per heavy atom. The fraction of sp³-hybridized carbons (Fsp3) is 0.333. The third-order valence-corrected chi connectivity index (χ3v) is 7.18. The van der Waals surface area contributed by atoms with Crippen molar-refractivity contribution in [1.29, 1.82) is 0 Å². The number of hydrogen-bond donors (Lipinski definition) is 2. The summed E-state index contributed by atoms with van der Waals surface area (Å²) >= 11 is 1.25. The summed E-state index contributed by atoms with van der Waals surface area (Å²) in [6, 6.07) is 7.51. The van der Waals surface area contributed by atoms with Crippen LogP contribution in [-0.4, -0.2) is 44.7 Å². The van der Waals surface area contributed by atoms with Crippen LogP contribution in [0, 0.1) is 0 Å². The van der Waals surface area contributed by atoms with E-state index >= 15 is 0 Å². The Kier molecular flexibility index (Phi) is 5.93. The molecule has 0 unspecified atom stereocenters. The number of nitrogens with one attached hydrogen (secondary N) is 2. The maximum absolute atomic E-state index is 12.7. The van der Waals surface area contributed by atoms with Crippen molar-refractivity contribution >= 4 is 38.2 Å². The first-order chi connectivity index (χ1) is 12.9. The van der Waals surface area contributed by atoms with E-state index in [1.54, 1.807) is 11.4 Å². The van der Waals surface area contributed by atoms with Crippen molar-refractivity contribution in [3.63, 3.8) is 0 Å². The summed E-state index contributed by atoms with van der Waals surface area (Å²) in [5.74, 6) is -0.681. The highest BCUT2D eigenvalue weighted by atomic mass is 32.2. The first kappa shape index (κ1) is 19.5. The molecule has 144 valence electrons. The second-order valence-electron chi connectivity index (χ2n) is 6.19. The van der Waals surface area contributed by atoms with E-state index in [9.17, 15) is 18.0 Å². The first-order valence-electron chi connectivity index (χ1n) is 8.64. The lowest BCUT2D eigenvalue weighted by atomic mass is 10.2. The van der Waals surface area contributed by atoms with Crippen molar-refractivity contribution in [2.75, 3.05) is 25.5 Å². The van der Waals surface area contributed by atoms with Gasteiger partial charge in [-0.2, -0.15) is 4.31 Å². The zero-order valence-electron chi connectivity index (χ0n) is 14.9. The molecule has 27 heavy (non-hydrogen) atoms. The number of amides is 2. The molecule has 0 saturated carbocycles. The van der Waals surface area contributed by atoms with Gasteiger partial charge in [0.1, 0.15) is 5.00 Å². The van der Waals surface area contributed by atoms with Crippen molar-refractivity contribution in [3.8, 4) is 0 Å². The summed E-state index contributed by atoms with van der Waals surface area (Å²) in [6.45, 7) is 1.07. The largest absolute Gasteiger partial charge is 0.355 e. The number of rotatable bonds is 5. The van der Waals surface area contributed by atoms with E-state index in [4.69, 9.17) is 0 Å². The molecule has 1 aliphatic heterocycles. The highest BCUT2D eigenvalue weighted by Gasteiger charge is 2.26. The molecule has 2 amide bonds. The van der Waals surface area contributed by atoms with Gasteiger partial charge >= 0.3 is 0 Å². The molecule has 1 saturated heterocycles. The van der Waals surface area contributed by atoms with Gasteiger partial charge in [0.05, 0.1) is 10.5 Å². The summed E-state index contributed by atoms with van der Waals surface area (Å²) < 4.78 is 26.8. The average Bonchev–Trinajstić information content (AvgIpc) is 3.16. The van der Waals surface area contributed by atoms with E-state index in [2.05, 4.69) is 10.6 Å². The van der Waals surface area contributed by atoms with Gasteiger partial charge in [-0.1, -0.05) is 6.42 Å². The summed E-state index contributed by atoms with van der Waals surface area (Å²) in [5, 5.41) is 7.39. The Balaban J connectivity index is 1.74. The average molecular weight is 408 g/mol. The minimum atomic E-state index is -3.53. The maximum atomic E-state index is 12.7. The molecular formula is C18H21N3O4S2. The predicted molar refractivity (Wildman–Crippen MR) is 105 cm³/mol. The molecule has 7 nitrogen and oxygen atoms in total. The number of nitrogens with zero attached hydrogens (tertiary/aromatic N) is 1. The van der Waals surface area contributed by atoms with E-state index in [0.29, 0.717) is 29.2 Å². The number of carbonyl (C=O) groups excluding carboxylic acids is 2. The normalized spacial score (nSPS) is 15.3. The van der Waals surface area contributed by atoms with Crippen LogP contribution in [0.3, 0.4) is 0 Å². The minimum Gasteiger partial charge on any atom is -0.355 e. The molecule has 0 atom stereocenters. The Hall–Kier alpha value is -2.23. The number of sulfonamides is 1. The van der Waals surface area contributed by atoms with Gasteiger partial charge in [-0.05, 0) is 48.6 Å². The molecule has 1 aromatic heterocycles. The third-order valence-electron chi connectivity index (χ3n) is 4.43. The van der Waals surface area contributed by atoms with Crippen molar-refractivity contribution < 1.29 is 18.0 Å². The number of thiophene rings is 1. The van der Waals surface area contributed by atoms with Crippen LogP contribution in [-0.2, 0) is 10.0 Å². The van der Waals surface area contributed by atoms with Crippen molar-refractivity contribution in [2.24, 2.45) is 0 Å². The predicted octanol–water partition coefficient (Wildman–Crippen LogP) is 2.53. The zero-order valence-corrected chi connectivity index (χ0v) is 16.5. The lowest BCUT2D eigenvalue weighted by molar-refractivity contribution is 0.0964. The molecule has 2 aromatic rings. The van der Waals surface area contributed by atoms with Crippen LogP contribution in [0.2, 0.25) is 0 Å². The van der Waals surface area contributed by atoms with Crippen LogP contribution in [0.5, 0.6) is 0 Å². The smallest absolute Gasteiger partial charge is 0.256 e. The number of benzene rings is 1. The van der Waals surface area contributed by atoms with E-state index in [0.717, 1.165) is 19.3 Å². The molecule has 2 heterocycles. The van der Waals surface area contributed by atoms with Gasteiger partial charge in [0.15, 0.2) is 0 Å². The van der Waals surface area contributed by atoms with Crippen LogP contribution in [0.1, 0.15) is 40.0 Å². The summed E-state index contributed by atoms with van der Waals surface area (Å²) in [4.78, 5) is 24.4. The Labute approximate surface area is 162 Å². The van der Waals surface area contributed by atoms with Crippen molar-refractivity contribution in [3.05, 3.63) is 46.8 Å². The molecule has 0 bridgehead atoms. The second kappa shape index (κ2) is 8.20. The van der Waals surface area contributed by atoms with Crippen LogP contribution < -0.4 is 10.6 Å². The molecule has 1 fully saturated rings. The van der Waals surface area contributed by atoms with Gasteiger partial charge < -0.3 is 10.6 Å². The molecular weight excluding hydrogens is 386 g/mol. The van der Waals surface area contributed by atoms with Crippen molar-refractivity contribution in [1.82, 2.24) is 9.62 Å². The number of hydrogen-bond acceptors (Lipinski definition) is 5. The van der Waals surface area contributed by atoms with Crippen LogP contribution in [0.4, 0.5) is 5.00 Å². The highest BCUT2D eigenvalue weighted by molar-refractivity contribution is 7.89. The summed E-state index contributed by atoms with van der Waals surface area (Å²) in [7, 11) is -2.00. The Bertz CT molecular complexity index is 930. The van der Waals surface area contributed by atoms with Gasteiger partial charge in [0.25, 0.3) is 11.8 Å². The van der Waals surface area contributed by atoms with Gasteiger partial charge in [-0.15, -0.1) is 11.3 Å². The fourth-order valence-corrected chi connectivity index (χ4v) is 5.22. The van der Waals surface area contributed by atoms with Crippen LogP contribution >= 0.6 is 11.3 Å². The summed E-state index contributed by atoms with van der Waals surface area (Å²) in [6.07, 6.45) is 2.79. The lowest BCUT2D eigenvalue weighted by Crippen LogP contribution is -2.35. The van der Waals surface area contributed by atoms with Gasteiger partial charge in [0, 0.05) is 25.7 Å². The first-order valence-corrected chi connectivity index (χ1v) is 11.0. The number of piperidine rings is 1. The second-order valence-corrected chi connectivity index (χ2v) is 9.04. The summed E-state index contributed by atoms with van der Waals surface area (Å²) in [5.41, 5.74) is 0.712. The van der Waals surface area contributed by atoms with E-state index in [1.165, 1.54) is 47.0 Å². The topological polar surface area (TPSA) is 95.6 Å². The van der Waals surface area contributed by atoms with Gasteiger partial charge in [-0.3, -0.25) is 9.59 Å². The van der Waals surface area contributed by atoms with Crippen LogP contribution in [0.25, 0.3) is 0 Å². The Morgan fingerprint density at radius 2 is 1.67 bits per heavy atom. The molecule has 2 N–H and O–H groups in total. The van der Waals surface area contributed by atoms with Gasteiger partial charge in [-0.25, -0.2) is 8.42 Å². The molecule has 1 aromatic carbocycles. The molecule has 1 aliphatic rings. The van der Waals surface area contributed by atoms with E-state index in [1.807, 2.05) is 0 Å². The zero-order chi connectivity index (χ0) is 19.4.